The van der Waals surface area contributed by atoms with Crippen LogP contribution in [0.25, 0.3) is 0 Å². The summed E-state index contributed by atoms with van der Waals surface area (Å²) in [4.78, 5) is 13.5. The molecule has 1 aliphatic rings. The Labute approximate surface area is 97.3 Å². The zero-order valence-electron chi connectivity index (χ0n) is 10.2. The van der Waals surface area contributed by atoms with Crippen LogP contribution < -0.4 is 11.1 Å². The quantitative estimate of drug-likeness (QED) is 0.613. The summed E-state index contributed by atoms with van der Waals surface area (Å²) in [5.74, 6) is 0.331. The summed E-state index contributed by atoms with van der Waals surface area (Å²) in [6.45, 7) is 6.30. The zero-order valence-corrected chi connectivity index (χ0v) is 10.2. The third-order valence-electron chi connectivity index (χ3n) is 3.01. The Hall–Kier alpha value is -0.650. The first-order valence-electron chi connectivity index (χ1n) is 5.91. The molecule has 0 radical (unpaired) electrons. The van der Waals surface area contributed by atoms with Crippen molar-refractivity contribution in [1.82, 2.24) is 10.2 Å². The number of amides is 1. The van der Waals surface area contributed by atoms with Gasteiger partial charge in [-0.25, -0.2) is 0 Å². The number of nitrogens with two attached hydrogens (primary N) is 1. The van der Waals surface area contributed by atoms with E-state index >= 15 is 0 Å². The number of nitrogens with zero attached hydrogens (tertiary/aromatic N) is 1. The molecule has 0 aromatic rings. The first-order valence-corrected chi connectivity index (χ1v) is 5.91. The van der Waals surface area contributed by atoms with Gasteiger partial charge in [-0.2, -0.15) is 0 Å². The normalized spacial score (nSPS) is 23.5. The van der Waals surface area contributed by atoms with Gasteiger partial charge in [-0.1, -0.05) is 6.92 Å². The van der Waals surface area contributed by atoms with E-state index in [1.165, 1.54) is 0 Å². The van der Waals surface area contributed by atoms with E-state index in [1.54, 1.807) is 7.11 Å². The molecule has 0 saturated carbocycles. The number of likely N-dealkylation sites (tertiary alicyclic amines) is 1. The molecule has 1 heterocycles. The van der Waals surface area contributed by atoms with E-state index in [4.69, 9.17) is 10.5 Å². The Morgan fingerprint density at radius 3 is 3.00 bits per heavy atom. The molecule has 0 spiro atoms. The van der Waals surface area contributed by atoms with Gasteiger partial charge in [0.2, 0.25) is 5.91 Å². The number of hydrogen-bond acceptors (Lipinski definition) is 4. The maximum atomic E-state index is 11.2. The van der Waals surface area contributed by atoms with Crippen molar-refractivity contribution >= 4 is 5.91 Å². The molecule has 1 aliphatic heterocycles. The van der Waals surface area contributed by atoms with Crippen LogP contribution in [0.3, 0.4) is 0 Å². The highest BCUT2D eigenvalue weighted by atomic mass is 16.5. The summed E-state index contributed by atoms with van der Waals surface area (Å²) in [6, 6.07) is -0.230. The second kappa shape index (κ2) is 6.83. The second-order valence-electron chi connectivity index (χ2n) is 4.38. The molecule has 5 heteroatoms. The first kappa shape index (κ1) is 13.4. The van der Waals surface area contributed by atoms with Crippen molar-refractivity contribution in [2.24, 2.45) is 11.7 Å². The Kier molecular flexibility index (Phi) is 5.73. The molecule has 0 aliphatic carbocycles. The van der Waals surface area contributed by atoms with Crippen molar-refractivity contribution in [1.29, 1.82) is 0 Å². The molecule has 1 fully saturated rings. The second-order valence-corrected chi connectivity index (χ2v) is 4.38. The fourth-order valence-electron chi connectivity index (χ4n) is 2.21. The van der Waals surface area contributed by atoms with E-state index in [1.807, 2.05) is 6.92 Å². The smallest absolute Gasteiger partial charge is 0.235 e. The molecule has 1 saturated heterocycles. The highest BCUT2D eigenvalue weighted by Gasteiger charge is 2.26. The summed E-state index contributed by atoms with van der Waals surface area (Å²) in [5, 5.41) is 3.11. The van der Waals surface area contributed by atoms with Crippen molar-refractivity contribution in [2.75, 3.05) is 39.9 Å². The lowest BCUT2D eigenvalue weighted by Gasteiger charge is -2.22. The molecule has 16 heavy (non-hydrogen) atoms. The molecule has 94 valence electrons. The van der Waals surface area contributed by atoms with Crippen molar-refractivity contribution < 1.29 is 9.53 Å². The monoisotopic (exact) mass is 229 g/mol. The summed E-state index contributed by atoms with van der Waals surface area (Å²) in [6.07, 6.45) is 1.14. The van der Waals surface area contributed by atoms with Crippen LogP contribution >= 0.6 is 0 Å². The Morgan fingerprint density at radius 1 is 1.69 bits per heavy atom. The molecule has 2 atom stereocenters. The Balaban J connectivity index is 2.33. The number of nitrogens with one attached hydrogen (secondary N) is 1. The Morgan fingerprint density at radius 2 is 2.44 bits per heavy atom. The number of ether oxygens (including phenoxy) is 1. The number of carbonyl (C=O) groups is 1. The number of methoxy groups -OCH3 is 1. The average molecular weight is 229 g/mol. The fraction of sp³-hybridized carbons (Fsp3) is 0.909. The molecule has 5 nitrogen and oxygen atoms in total. The van der Waals surface area contributed by atoms with Crippen LogP contribution in [-0.4, -0.2) is 56.7 Å². The van der Waals surface area contributed by atoms with Crippen molar-refractivity contribution in [3.8, 4) is 0 Å². The number of carbonyl (C=O) groups excluding carboxylic acids is 1. The SMILES string of the molecule is CCNC(CN1CCC(COC)C1)C(N)=O. The van der Waals surface area contributed by atoms with Gasteiger partial charge in [0.15, 0.2) is 0 Å². The largest absolute Gasteiger partial charge is 0.384 e. The van der Waals surface area contributed by atoms with Crippen LogP contribution in [0.5, 0.6) is 0 Å². The van der Waals surface area contributed by atoms with Gasteiger partial charge in [-0.05, 0) is 25.4 Å². The topological polar surface area (TPSA) is 67.6 Å². The van der Waals surface area contributed by atoms with Crippen LogP contribution in [0.2, 0.25) is 0 Å². The number of primary amides is 1. The standard InChI is InChI=1S/C11H23N3O2/c1-3-13-10(11(12)15)7-14-5-4-9(6-14)8-16-2/h9-10,13H,3-8H2,1-2H3,(H2,12,15). The molecule has 1 rings (SSSR count). The van der Waals surface area contributed by atoms with Gasteiger partial charge >= 0.3 is 0 Å². The zero-order chi connectivity index (χ0) is 12.0. The van der Waals surface area contributed by atoms with Crippen LogP contribution in [0, 0.1) is 5.92 Å². The molecule has 3 N–H and O–H groups in total. The van der Waals surface area contributed by atoms with E-state index in [2.05, 4.69) is 10.2 Å². The molecule has 1 amide bonds. The maximum Gasteiger partial charge on any atom is 0.235 e. The molecular weight excluding hydrogens is 206 g/mol. The lowest BCUT2D eigenvalue weighted by molar-refractivity contribution is -0.120. The van der Waals surface area contributed by atoms with Gasteiger partial charge in [-0.15, -0.1) is 0 Å². The summed E-state index contributed by atoms with van der Waals surface area (Å²) in [5.41, 5.74) is 5.34. The minimum atomic E-state index is -0.267. The predicted molar refractivity (Wildman–Crippen MR) is 63.1 cm³/mol. The number of likely N-dealkylation sites (N-methyl/N-ethyl adjacent to an activating group) is 1. The third-order valence-corrected chi connectivity index (χ3v) is 3.01. The maximum absolute atomic E-state index is 11.2. The van der Waals surface area contributed by atoms with Crippen molar-refractivity contribution in [3.05, 3.63) is 0 Å². The molecule has 0 aromatic carbocycles. The van der Waals surface area contributed by atoms with Crippen molar-refractivity contribution in [3.63, 3.8) is 0 Å². The van der Waals surface area contributed by atoms with Gasteiger partial charge in [0.1, 0.15) is 0 Å². The van der Waals surface area contributed by atoms with Gasteiger partial charge in [0.05, 0.1) is 12.6 Å². The molecule has 0 aromatic heterocycles. The minimum Gasteiger partial charge on any atom is -0.384 e. The lowest BCUT2D eigenvalue weighted by Crippen LogP contribution is -2.48. The minimum absolute atomic E-state index is 0.230. The summed E-state index contributed by atoms with van der Waals surface area (Å²) in [7, 11) is 1.73. The Bertz CT molecular complexity index is 223. The van der Waals surface area contributed by atoms with Gasteiger partial charge in [0, 0.05) is 20.2 Å². The first-order chi connectivity index (χ1) is 7.67. The van der Waals surface area contributed by atoms with E-state index in [9.17, 15) is 4.79 Å². The van der Waals surface area contributed by atoms with E-state index in [-0.39, 0.29) is 11.9 Å². The number of hydrogen-bond donors (Lipinski definition) is 2. The van der Waals surface area contributed by atoms with E-state index in [0.717, 1.165) is 32.7 Å². The van der Waals surface area contributed by atoms with Crippen LogP contribution in [0.4, 0.5) is 0 Å². The summed E-state index contributed by atoms with van der Waals surface area (Å²) < 4.78 is 5.14. The van der Waals surface area contributed by atoms with Gasteiger partial charge in [0.25, 0.3) is 0 Å². The van der Waals surface area contributed by atoms with Gasteiger partial charge in [-0.3, -0.25) is 4.79 Å². The van der Waals surface area contributed by atoms with Crippen molar-refractivity contribution in [2.45, 2.75) is 19.4 Å². The van der Waals surface area contributed by atoms with E-state index in [0.29, 0.717) is 12.5 Å². The van der Waals surface area contributed by atoms with Crippen LogP contribution in [0.1, 0.15) is 13.3 Å². The predicted octanol–water partition coefficient (Wildman–Crippen LogP) is -0.582. The average Bonchev–Trinajstić information content (AvgIpc) is 2.65. The highest BCUT2D eigenvalue weighted by Crippen LogP contribution is 2.16. The molecular formula is C11H23N3O2. The lowest BCUT2D eigenvalue weighted by atomic mass is 10.1. The molecule has 2 unspecified atom stereocenters. The van der Waals surface area contributed by atoms with Crippen LogP contribution in [-0.2, 0) is 9.53 Å². The van der Waals surface area contributed by atoms with Crippen LogP contribution in [0.15, 0.2) is 0 Å². The fourth-order valence-corrected chi connectivity index (χ4v) is 2.21. The van der Waals surface area contributed by atoms with E-state index < -0.39 is 0 Å². The number of rotatable bonds is 7. The molecule has 0 bridgehead atoms. The highest BCUT2D eigenvalue weighted by molar-refractivity contribution is 5.80. The third kappa shape index (κ3) is 4.08. The van der Waals surface area contributed by atoms with Gasteiger partial charge < -0.3 is 20.7 Å². The summed E-state index contributed by atoms with van der Waals surface area (Å²) >= 11 is 0.